The lowest BCUT2D eigenvalue weighted by Gasteiger charge is -2.33. The minimum Gasteiger partial charge on any atom is -0.497 e. The van der Waals surface area contributed by atoms with Gasteiger partial charge in [0, 0.05) is 18.2 Å². The summed E-state index contributed by atoms with van der Waals surface area (Å²) in [5.74, 6) is 0.402. The van der Waals surface area contributed by atoms with E-state index in [-0.39, 0.29) is 23.0 Å². The molecule has 11 heteroatoms. The first kappa shape index (κ1) is 33.3. The van der Waals surface area contributed by atoms with Crippen LogP contribution in [0.4, 0.5) is 5.69 Å². The van der Waals surface area contributed by atoms with Gasteiger partial charge in [0.2, 0.25) is 11.8 Å². The Hall–Kier alpha value is -4.25. The number of sulfonamides is 1. The van der Waals surface area contributed by atoms with Crippen LogP contribution in [0.2, 0.25) is 0 Å². The predicted octanol–water partition coefficient (Wildman–Crippen LogP) is 4.55. The van der Waals surface area contributed by atoms with Crippen LogP contribution >= 0.6 is 0 Å². The minimum absolute atomic E-state index is 0.0147. The molecule has 0 spiro atoms. The number of rotatable bonds is 12. The molecule has 0 bridgehead atoms. The maximum atomic E-state index is 14.1. The molecule has 0 saturated carbocycles. The van der Waals surface area contributed by atoms with E-state index in [1.54, 1.807) is 62.6 Å². The highest BCUT2D eigenvalue weighted by Gasteiger charge is 2.33. The number of anilines is 1. The third-order valence-corrected chi connectivity index (χ3v) is 8.51. The van der Waals surface area contributed by atoms with Crippen molar-refractivity contribution in [3.63, 3.8) is 0 Å². The van der Waals surface area contributed by atoms with Gasteiger partial charge in [0.15, 0.2) is 11.5 Å². The molecule has 0 radical (unpaired) electrons. The number of aryl methyl sites for hydroxylation is 1. The van der Waals surface area contributed by atoms with Crippen LogP contribution in [0.5, 0.6) is 17.2 Å². The van der Waals surface area contributed by atoms with Crippen molar-refractivity contribution < 1.29 is 32.2 Å². The van der Waals surface area contributed by atoms with Crippen molar-refractivity contribution in [1.82, 2.24) is 10.2 Å². The van der Waals surface area contributed by atoms with E-state index in [2.05, 4.69) is 5.32 Å². The number of nitrogens with one attached hydrogen (secondary N) is 1. The number of ether oxygens (including phenoxy) is 3. The number of nitrogens with zero attached hydrogens (tertiary/aromatic N) is 2. The maximum Gasteiger partial charge on any atom is 0.264 e. The molecule has 0 aliphatic carbocycles. The van der Waals surface area contributed by atoms with Crippen LogP contribution in [0.15, 0.2) is 71.6 Å². The van der Waals surface area contributed by atoms with Gasteiger partial charge in [0.25, 0.3) is 10.0 Å². The summed E-state index contributed by atoms with van der Waals surface area (Å²) in [5, 5.41) is 2.92. The van der Waals surface area contributed by atoms with Gasteiger partial charge in [-0.15, -0.1) is 0 Å². The molecule has 3 aromatic carbocycles. The Morgan fingerprint density at radius 3 is 2.00 bits per heavy atom. The van der Waals surface area contributed by atoms with Gasteiger partial charge in [-0.25, -0.2) is 8.42 Å². The topological polar surface area (TPSA) is 114 Å². The van der Waals surface area contributed by atoms with Gasteiger partial charge in [0.05, 0.1) is 31.9 Å². The van der Waals surface area contributed by atoms with Crippen LogP contribution in [0.3, 0.4) is 0 Å². The molecular weight excluding hydrogens is 570 g/mol. The maximum absolute atomic E-state index is 14.1. The molecular formula is C32H41N3O7S. The monoisotopic (exact) mass is 611 g/mol. The van der Waals surface area contributed by atoms with Crippen LogP contribution < -0.4 is 23.8 Å². The Balaban J connectivity index is 2.09. The highest BCUT2D eigenvalue weighted by Crippen LogP contribution is 2.34. The molecule has 1 N–H and O–H groups in total. The molecule has 10 nitrogen and oxygen atoms in total. The largest absolute Gasteiger partial charge is 0.497 e. The number of carbonyl (C=O) groups excluding carboxylic acids is 2. The van der Waals surface area contributed by atoms with Crippen LogP contribution in [-0.2, 0) is 26.2 Å². The quantitative estimate of drug-likeness (QED) is 0.320. The number of amides is 2. The van der Waals surface area contributed by atoms with Crippen LogP contribution in [0, 0.1) is 6.92 Å². The molecule has 0 aliphatic heterocycles. The number of carbonyl (C=O) groups is 2. The number of benzene rings is 3. The molecule has 3 aromatic rings. The Morgan fingerprint density at radius 1 is 0.860 bits per heavy atom. The molecule has 0 saturated heterocycles. The molecule has 0 fully saturated rings. The first-order valence-electron chi connectivity index (χ1n) is 13.8. The van der Waals surface area contributed by atoms with Gasteiger partial charge >= 0.3 is 0 Å². The van der Waals surface area contributed by atoms with Crippen molar-refractivity contribution >= 4 is 27.5 Å². The summed E-state index contributed by atoms with van der Waals surface area (Å²) >= 11 is 0. The second-order valence-corrected chi connectivity index (χ2v) is 13.0. The van der Waals surface area contributed by atoms with Crippen molar-refractivity contribution in [2.45, 2.75) is 57.6 Å². The first-order chi connectivity index (χ1) is 20.2. The van der Waals surface area contributed by atoms with Crippen molar-refractivity contribution in [3.8, 4) is 17.2 Å². The zero-order valence-electron chi connectivity index (χ0n) is 26.0. The lowest BCUT2D eigenvalue weighted by atomic mass is 10.1. The summed E-state index contributed by atoms with van der Waals surface area (Å²) in [6.45, 7) is 8.51. The summed E-state index contributed by atoms with van der Waals surface area (Å²) in [5.41, 5.74) is 1.28. The minimum atomic E-state index is -4.23. The third-order valence-electron chi connectivity index (χ3n) is 6.72. The van der Waals surface area contributed by atoms with Crippen LogP contribution in [0.1, 0.15) is 38.8 Å². The Morgan fingerprint density at radius 2 is 1.47 bits per heavy atom. The zero-order chi connectivity index (χ0) is 31.9. The average molecular weight is 612 g/mol. The third kappa shape index (κ3) is 8.41. The van der Waals surface area contributed by atoms with Gasteiger partial charge < -0.3 is 24.4 Å². The molecule has 43 heavy (non-hydrogen) atoms. The lowest BCUT2D eigenvalue weighted by Crippen LogP contribution is -2.54. The Kier molecular flexibility index (Phi) is 10.7. The normalized spacial score (nSPS) is 12.2. The first-order valence-corrected chi connectivity index (χ1v) is 15.2. The molecule has 0 aromatic heterocycles. The van der Waals surface area contributed by atoms with E-state index >= 15 is 0 Å². The summed E-state index contributed by atoms with van der Waals surface area (Å²) < 4.78 is 45.2. The van der Waals surface area contributed by atoms with E-state index in [1.165, 1.54) is 37.3 Å². The fourth-order valence-corrected chi connectivity index (χ4v) is 5.74. The van der Waals surface area contributed by atoms with E-state index in [4.69, 9.17) is 14.2 Å². The number of hydrogen-bond acceptors (Lipinski definition) is 7. The van der Waals surface area contributed by atoms with Gasteiger partial charge in [0.1, 0.15) is 18.3 Å². The van der Waals surface area contributed by atoms with Crippen LogP contribution in [0.25, 0.3) is 0 Å². The van der Waals surface area contributed by atoms with E-state index in [9.17, 15) is 18.0 Å². The highest BCUT2D eigenvalue weighted by molar-refractivity contribution is 7.92. The standard InChI is InChI=1S/C32H41N3O7S/c1-22-9-16-27(17-10-22)43(38,39)35(25-13-18-28(41-7)29(19-25)42-8)21-30(36)34(23(2)31(37)33-32(3,4)5)20-24-11-14-26(40-6)15-12-24/h9-19,23H,20-21H2,1-8H3,(H,33,37)/t23-/m1/s1. The summed E-state index contributed by atoms with van der Waals surface area (Å²) in [4.78, 5) is 28.8. The Bertz CT molecular complexity index is 1520. The lowest BCUT2D eigenvalue weighted by molar-refractivity contribution is -0.140. The molecule has 2 amide bonds. The summed E-state index contributed by atoms with van der Waals surface area (Å²) in [7, 11) is 0.246. The number of hydrogen-bond donors (Lipinski definition) is 1. The highest BCUT2D eigenvalue weighted by atomic mass is 32.2. The molecule has 232 valence electrons. The second kappa shape index (κ2) is 13.8. The van der Waals surface area contributed by atoms with E-state index in [0.29, 0.717) is 17.2 Å². The van der Waals surface area contributed by atoms with Crippen molar-refractivity contribution in [1.29, 1.82) is 0 Å². The molecule has 3 rings (SSSR count). The summed E-state index contributed by atoms with van der Waals surface area (Å²) in [6.07, 6.45) is 0. The van der Waals surface area contributed by atoms with Gasteiger partial charge in [-0.2, -0.15) is 0 Å². The smallest absolute Gasteiger partial charge is 0.264 e. The van der Waals surface area contributed by atoms with Crippen molar-refractivity contribution in [2.24, 2.45) is 0 Å². The van der Waals surface area contributed by atoms with Gasteiger partial charge in [-0.1, -0.05) is 29.8 Å². The van der Waals surface area contributed by atoms with E-state index < -0.39 is 34.1 Å². The van der Waals surface area contributed by atoms with E-state index in [0.717, 1.165) is 15.4 Å². The predicted molar refractivity (Wildman–Crippen MR) is 166 cm³/mol. The molecule has 1 atom stereocenters. The van der Waals surface area contributed by atoms with Gasteiger partial charge in [-0.3, -0.25) is 13.9 Å². The SMILES string of the molecule is COc1ccc(CN(C(=O)CN(c2ccc(OC)c(OC)c2)S(=O)(=O)c2ccc(C)cc2)[C@H](C)C(=O)NC(C)(C)C)cc1. The molecule has 0 unspecified atom stereocenters. The van der Waals surface area contributed by atoms with E-state index in [1.807, 2.05) is 27.7 Å². The van der Waals surface area contributed by atoms with Crippen LogP contribution in [-0.4, -0.2) is 64.6 Å². The fourth-order valence-electron chi connectivity index (χ4n) is 4.33. The molecule has 0 aliphatic rings. The van der Waals surface area contributed by atoms with Crippen molar-refractivity contribution in [2.75, 3.05) is 32.2 Å². The Labute approximate surface area is 254 Å². The summed E-state index contributed by atoms with van der Waals surface area (Å²) in [6, 6.07) is 17.2. The average Bonchev–Trinajstić information content (AvgIpc) is 2.97. The fraction of sp³-hybridized carbons (Fsp3) is 0.375. The number of methoxy groups -OCH3 is 3. The second-order valence-electron chi connectivity index (χ2n) is 11.1. The van der Waals surface area contributed by atoms with Gasteiger partial charge in [-0.05, 0) is 76.6 Å². The molecule has 0 heterocycles. The zero-order valence-corrected chi connectivity index (χ0v) is 26.8. The van der Waals surface area contributed by atoms with Crippen molar-refractivity contribution in [3.05, 3.63) is 77.9 Å².